The van der Waals surface area contributed by atoms with Crippen LogP contribution in [0, 0.1) is 0 Å². The maximum Gasteiger partial charge on any atom is 0.266 e. The smallest absolute Gasteiger partial charge is 0.266 e. The average molecular weight is 304 g/mol. The summed E-state index contributed by atoms with van der Waals surface area (Å²) in [4.78, 5) is 16.1. The topological polar surface area (TPSA) is 51.2 Å². The van der Waals surface area contributed by atoms with E-state index in [9.17, 15) is 4.79 Å². The van der Waals surface area contributed by atoms with Gasteiger partial charge in [-0.3, -0.25) is 10.1 Å². The van der Waals surface area contributed by atoms with Gasteiger partial charge in [-0.2, -0.15) is 0 Å². The lowest BCUT2D eigenvalue weighted by Gasteiger charge is -2.19. The minimum absolute atomic E-state index is 0.191. The molecule has 0 aliphatic carbocycles. The van der Waals surface area contributed by atoms with Crippen molar-refractivity contribution >= 4 is 22.4 Å². The maximum atomic E-state index is 12.1. The molecule has 5 heteroatoms. The van der Waals surface area contributed by atoms with Gasteiger partial charge in [-0.15, -0.1) is 11.3 Å². The van der Waals surface area contributed by atoms with E-state index in [4.69, 9.17) is 4.74 Å². The highest BCUT2D eigenvalue weighted by atomic mass is 32.1. The van der Waals surface area contributed by atoms with Crippen molar-refractivity contribution in [2.75, 3.05) is 5.32 Å². The van der Waals surface area contributed by atoms with Crippen molar-refractivity contribution < 1.29 is 9.53 Å². The van der Waals surface area contributed by atoms with Gasteiger partial charge < -0.3 is 4.74 Å². The number of nitrogens with zero attached hydrogens (tertiary/aromatic N) is 1. The van der Waals surface area contributed by atoms with E-state index in [1.807, 2.05) is 23.6 Å². The molecule has 0 aliphatic rings. The van der Waals surface area contributed by atoms with Gasteiger partial charge in [0.1, 0.15) is 5.75 Å². The van der Waals surface area contributed by atoms with E-state index in [-0.39, 0.29) is 5.91 Å². The molecule has 1 aromatic heterocycles. The van der Waals surface area contributed by atoms with Crippen molar-refractivity contribution in [3.63, 3.8) is 0 Å². The van der Waals surface area contributed by atoms with Crippen LogP contribution < -0.4 is 10.1 Å². The van der Waals surface area contributed by atoms with Crippen LogP contribution >= 0.6 is 11.3 Å². The van der Waals surface area contributed by atoms with Crippen LogP contribution in [-0.2, 0) is 4.79 Å². The van der Waals surface area contributed by atoms with E-state index < -0.39 is 6.10 Å². The van der Waals surface area contributed by atoms with Crippen LogP contribution in [0.15, 0.2) is 35.8 Å². The molecule has 0 unspecified atom stereocenters. The highest BCUT2D eigenvalue weighted by molar-refractivity contribution is 7.13. The lowest BCUT2D eigenvalue weighted by atomic mass is 9.98. The summed E-state index contributed by atoms with van der Waals surface area (Å²) in [5.41, 5.74) is 1.13. The van der Waals surface area contributed by atoms with Crippen LogP contribution in [0.25, 0.3) is 0 Å². The fourth-order valence-corrected chi connectivity index (χ4v) is 2.48. The highest BCUT2D eigenvalue weighted by Gasteiger charge is 2.18. The van der Waals surface area contributed by atoms with Gasteiger partial charge in [0.15, 0.2) is 11.2 Å². The number of hydrogen-bond donors (Lipinski definition) is 1. The molecule has 0 saturated carbocycles. The molecule has 0 saturated heterocycles. The predicted molar refractivity (Wildman–Crippen MR) is 86.0 cm³/mol. The number of nitrogens with one attached hydrogen (secondary N) is 1. The Labute approximate surface area is 129 Å². The molecule has 0 spiro atoms. The molecule has 1 aromatic carbocycles. The summed E-state index contributed by atoms with van der Waals surface area (Å²) in [5.74, 6) is 0.980. The van der Waals surface area contributed by atoms with Crippen molar-refractivity contribution in [2.45, 2.75) is 39.2 Å². The third-order valence-electron chi connectivity index (χ3n) is 3.40. The molecule has 0 aliphatic heterocycles. The number of benzene rings is 1. The Balaban J connectivity index is 2.05. The van der Waals surface area contributed by atoms with Gasteiger partial charge in [-0.25, -0.2) is 4.98 Å². The number of amides is 1. The largest absolute Gasteiger partial charge is 0.481 e. The van der Waals surface area contributed by atoms with Crippen molar-refractivity contribution in [1.29, 1.82) is 0 Å². The summed E-state index contributed by atoms with van der Waals surface area (Å²) >= 11 is 1.39. The van der Waals surface area contributed by atoms with E-state index in [2.05, 4.69) is 30.2 Å². The Hall–Kier alpha value is -1.88. The minimum Gasteiger partial charge on any atom is -0.481 e. The SMILES string of the molecule is CC[C@H](C)c1ccccc1O[C@@H](C)C(=O)Nc1nccs1. The number of hydrogen-bond acceptors (Lipinski definition) is 4. The first-order valence-electron chi connectivity index (χ1n) is 7.07. The summed E-state index contributed by atoms with van der Waals surface area (Å²) < 4.78 is 5.84. The van der Waals surface area contributed by atoms with Gasteiger partial charge in [0, 0.05) is 11.6 Å². The molecule has 2 rings (SSSR count). The zero-order valence-corrected chi connectivity index (χ0v) is 13.3. The zero-order chi connectivity index (χ0) is 15.2. The zero-order valence-electron chi connectivity index (χ0n) is 12.5. The Kier molecular flexibility index (Phi) is 5.33. The third kappa shape index (κ3) is 4.04. The molecule has 0 radical (unpaired) electrons. The fraction of sp³-hybridized carbons (Fsp3) is 0.375. The van der Waals surface area contributed by atoms with Crippen LogP contribution in [0.2, 0.25) is 0 Å². The van der Waals surface area contributed by atoms with E-state index in [0.29, 0.717) is 11.0 Å². The van der Waals surface area contributed by atoms with Crippen LogP contribution in [0.4, 0.5) is 5.13 Å². The second kappa shape index (κ2) is 7.22. The van der Waals surface area contributed by atoms with Crippen LogP contribution in [0.3, 0.4) is 0 Å². The monoisotopic (exact) mass is 304 g/mol. The summed E-state index contributed by atoms with van der Waals surface area (Å²) in [5, 5.41) is 5.16. The summed E-state index contributed by atoms with van der Waals surface area (Å²) in [6, 6.07) is 7.88. The molecular formula is C16H20N2O2S. The van der Waals surface area contributed by atoms with Gasteiger partial charge in [0.25, 0.3) is 5.91 Å². The molecule has 0 bridgehead atoms. The van der Waals surface area contributed by atoms with Crippen molar-refractivity contribution in [2.24, 2.45) is 0 Å². The Morgan fingerprint density at radius 2 is 2.14 bits per heavy atom. The number of rotatable bonds is 6. The first-order valence-corrected chi connectivity index (χ1v) is 7.95. The quantitative estimate of drug-likeness (QED) is 0.875. The molecule has 1 N–H and O–H groups in total. The minimum atomic E-state index is -0.570. The number of ether oxygens (including phenoxy) is 1. The number of carbonyl (C=O) groups excluding carboxylic acids is 1. The number of thiazole rings is 1. The molecule has 112 valence electrons. The Morgan fingerprint density at radius 1 is 1.38 bits per heavy atom. The number of para-hydroxylation sites is 1. The van der Waals surface area contributed by atoms with Gasteiger partial charge in [0.2, 0.25) is 0 Å². The van der Waals surface area contributed by atoms with E-state index in [0.717, 1.165) is 17.7 Å². The van der Waals surface area contributed by atoms with Gasteiger partial charge in [-0.05, 0) is 30.9 Å². The summed E-state index contributed by atoms with van der Waals surface area (Å²) in [6.07, 6.45) is 2.11. The van der Waals surface area contributed by atoms with Crippen LogP contribution in [-0.4, -0.2) is 17.0 Å². The highest BCUT2D eigenvalue weighted by Crippen LogP contribution is 2.29. The molecule has 4 nitrogen and oxygen atoms in total. The van der Waals surface area contributed by atoms with Crippen molar-refractivity contribution in [1.82, 2.24) is 4.98 Å². The second-order valence-electron chi connectivity index (χ2n) is 4.93. The average Bonchev–Trinajstić information content (AvgIpc) is 2.99. The molecule has 1 heterocycles. The van der Waals surface area contributed by atoms with Gasteiger partial charge in [0.05, 0.1) is 0 Å². The van der Waals surface area contributed by atoms with Gasteiger partial charge in [-0.1, -0.05) is 32.0 Å². The lowest BCUT2D eigenvalue weighted by molar-refractivity contribution is -0.122. The fourth-order valence-electron chi connectivity index (χ4n) is 1.95. The molecule has 0 fully saturated rings. The summed E-state index contributed by atoms with van der Waals surface area (Å²) in [7, 11) is 0. The standard InChI is InChI=1S/C16H20N2O2S/c1-4-11(2)13-7-5-6-8-14(13)20-12(3)15(19)18-16-17-9-10-21-16/h5-12H,4H2,1-3H3,(H,17,18,19)/t11-,12-/m0/s1. The third-order valence-corrected chi connectivity index (χ3v) is 4.09. The summed E-state index contributed by atoms with van der Waals surface area (Å²) in [6.45, 7) is 6.04. The molecular weight excluding hydrogens is 284 g/mol. The first-order chi connectivity index (χ1) is 10.1. The molecule has 21 heavy (non-hydrogen) atoms. The van der Waals surface area contributed by atoms with E-state index in [1.165, 1.54) is 11.3 Å². The normalized spacial score (nSPS) is 13.5. The Morgan fingerprint density at radius 3 is 2.81 bits per heavy atom. The van der Waals surface area contributed by atoms with E-state index >= 15 is 0 Å². The number of aromatic nitrogens is 1. The predicted octanol–water partition coefficient (Wildman–Crippen LogP) is 4.06. The molecule has 2 atom stereocenters. The van der Waals surface area contributed by atoms with Crippen LogP contribution in [0.5, 0.6) is 5.75 Å². The molecule has 2 aromatic rings. The Bertz CT molecular complexity index is 584. The van der Waals surface area contributed by atoms with Crippen molar-refractivity contribution in [3.8, 4) is 5.75 Å². The number of carbonyl (C=O) groups is 1. The maximum absolute atomic E-state index is 12.1. The second-order valence-corrected chi connectivity index (χ2v) is 5.83. The first kappa shape index (κ1) is 15.5. The van der Waals surface area contributed by atoms with Gasteiger partial charge >= 0.3 is 0 Å². The van der Waals surface area contributed by atoms with Crippen LogP contribution in [0.1, 0.15) is 38.7 Å². The lowest BCUT2D eigenvalue weighted by Crippen LogP contribution is -2.30. The van der Waals surface area contributed by atoms with E-state index in [1.54, 1.807) is 13.1 Å². The number of anilines is 1. The van der Waals surface area contributed by atoms with Crippen molar-refractivity contribution in [3.05, 3.63) is 41.4 Å². The molecule has 1 amide bonds.